The first kappa shape index (κ1) is 18.4. The summed E-state index contributed by atoms with van der Waals surface area (Å²) in [4.78, 5) is 37.7. The molecular formula is C19H19N3O5. The lowest BCUT2D eigenvalue weighted by atomic mass is 10.1. The van der Waals surface area contributed by atoms with E-state index in [4.69, 9.17) is 4.74 Å². The molecule has 27 heavy (non-hydrogen) atoms. The number of nitro groups is 1. The molecule has 2 aromatic carbocycles. The van der Waals surface area contributed by atoms with Crippen molar-refractivity contribution in [1.82, 2.24) is 4.90 Å². The Kier molecular flexibility index (Phi) is 5.35. The van der Waals surface area contributed by atoms with Gasteiger partial charge in [0.15, 0.2) is 0 Å². The largest absolute Gasteiger partial charge is 0.427 e. The first-order valence-electron chi connectivity index (χ1n) is 8.51. The van der Waals surface area contributed by atoms with Gasteiger partial charge >= 0.3 is 5.97 Å². The lowest BCUT2D eigenvalue weighted by Crippen LogP contribution is -2.48. The van der Waals surface area contributed by atoms with E-state index in [-0.39, 0.29) is 11.6 Å². The van der Waals surface area contributed by atoms with Gasteiger partial charge in [0.1, 0.15) is 5.75 Å². The molecule has 8 nitrogen and oxygen atoms in total. The molecule has 1 heterocycles. The molecule has 0 aliphatic carbocycles. The highest BCUT2D eigenvalue weighted by molar-refractivity contribution is 5.94. The van der Waals surface area contributed by atoms with E-state index in [2.05, 4.69) is 4.90 Å². The van der Waals surface area contributed by atoms with Gasteiger partial charge in [-0.2, -0.15) is 0 Å². The van der Waals surface area contributed by atoms with Crippen molar-refractivity contribution in [2.45, 2.75) is 6.92 Å². The monoisotopic (exact) mass is 369 g/mol. The van der Waals surface area contributed by atoms with Crippen LogP contribution in [0.4, 0.5) is 11.4 Å². The third-order valence-corrected chi connectivity index (χ3v) is 4.36. The van der Waals surface area contributed by atoms with Gasteiger partial charge in [0.05, 0.1) is 4.92 Å². The van der Waals surface area contributed by atoms with Crippen molar-refractivity contribution >= 4 is 23.3 Å². The average Bonchev–Trinajstić information content (AvgIpc) is 2.68. The molecule has 1 fully saturated rings. The molecule has 3 rings (SSSR count). The minimum absolute atomic E-state index is 0.0600. The van der Waals surface area contributed by atoms with Crippen molar-refractivity contribution in [3.05, 3.63) is 64.2 Å². The molecule has 2 aromatic rings. The normalized spacial score (nSPS) is 14.0. The highest BCUT2D eigenvalue weighted by Crippen LogP contribution is 2.21. The summed E-state index contributed by atoms with van der Waals surface area (Å²) in [5.41, 5.74) is 1.50. The maximum absolute atomic E-state index is 12.6. The molecule has 0 N–H and O–H groups in total. The van der Waals surface area contributed by atoms with Gasteiger partial charge in [0, 0.05) is 56.5 Å². The molecule has 0 unspecified atom stereocenters. The van der Waals surface area contributed by atoms with E-state index in [9.17, 15) is 19.7 Å². The van der Waals surface area contributed by atoms with Gasteiger partial charge in [-0.05, 0) is 36.4 Å². The van der Waals surface area contributed by atoms with Crippen LogP contribution in [0.5, 0.6) is 5.75 Å². The molecule has 0 atom stereocenters. The number of amides is 1. The van der Waals surface area contributed by atoms with Crippen LogP contribution in [0.1, 0.15) is 17.3 Å². The fraction of sp³-hybridized carbons (Fsp3) is 0.263. The Labute approximate surface area is 156 Å². The number of nitro benzene ring substituents is 1. The van der Waals surface area contributed by atoms with Crippen LogP contribution in [0.3, 0.4) is 0 Å². The van der Waals surface area contributed by atoms with Crippen molar-refractivity contribution in [2.75, 3.05) is 31.1 Å². The van der Waals surface area contributed by atoms with Crippen molar-refractivity contribution in [1.29, 1.82) is 0 Å². The number of non-ortho nitro benzene ring substituents is 1. The van der Waals surface area contributed by atoms with Gasteiger partial charge in [-0.25, -0.2) is 0 Å². The first-order valence-corrected chi connectivity index (χ1v) is 8.51. The second-order valence-corrected chi connectivity index (χ2v) is 6.17. The molecular weight excluding hydrogens is 350 g/mol. The molecule has 0 radical (unpaired) electrons. The van der Waals surface area contributed by atoms with Crippen LogP contribution in [-0.2, 0) is 4.79 Å². The molecule has 8 heteroatoms. The van der Waals surface area contributed by atoms with E-state index < -0.39 is 10.9 Å². The molecule has 140 valence electrons. The van der Waals surface area contributed by atoms with Crippen LogP contribution in [0.25, 0.3) is 0 Å². The summed E-state index contributed by atoms with van der Waals surface area (Å²) in [6, 6.07) is 12.9. The maximum atomic E-state index is 12.6. The molecule has 1 aliphatic rings. The zero-order valence-electron chi connectivity index (χ0n) is 14.8. The van der Waals surface area contributed by atoms with Crippen LogP contribution in [0.15, 0.2) is 48.5 Å². The third kappa shape index (κ3) is 4.41. The number of ether oxygens (including phenoxy) is 1. The molecule has 0 spiro atoms. The minimum Gasteiger partial charge on any atom is -0.427 e. The van der Waals surface area contributed by atoms with E-state index in [0.717, 1.165) is 5.69 Å². The van der Waals surface area contributed by atoms with E-state index in [1.54, 1.807) is 41.3 Å². The Balaban J connectivity index is 1.59. The van der Waals surface area contributed by atoms with E-state index in [1.807, 2.05) is 0 Å². The first-order chi connectivity index (χ1) is 12.9. The summed E-state index contributed by atoms with van der Waals surface area (Å²) in [7, 11) is 0. The summed E-state index contributed by atoms with van der Waals surface area (Å²) >= 11 is 0. The Hall–Kier alpha value is -3.42. The number of hydrogen-bond donors (Lipinski definition) is 0. The van der Waals surface area contributed by atoms with E-state index >= 15 is 0 Å². The smallest absolute Gasteiger partial charge is 0.308 e. The van der Waals surface area contributed by atoms with Crippen molar-refractivity contribution in [3.63, 3.8) is 0 Å². The second-order valence-electron chi connectivity index (χ2n) is 6.17. The number of benzene rings is 2. The molecule has 1 aliphatic heterocycles. The van der Waals surface area contributed by atoms with Crippen LogP contribution < -0.4 is 9.64 Å². The van der Waals surface area contributed by atoms with Crippen LogP contribution in [0.2, 0.25) is 0 Å². The zero-order valence-corrected chi connectivity index (χ0v) is 14.8. The number of anilines is 1. The zero-order chi connectivity index (χ0) is 19.4. The average molecular weight is 369 g/mol. The lowest BCUT2D eigenvalue weighted by Gasteiger charge is -2.36. The van der Waals surface area contributed by atoms with Gasteiger partial charge in [-0.15, -0.1) is 0 Å². The van der Waals surface area contributed by atoms with Gasteiger partial charge in [0.2, 0.25) is 0 Å². The lowest BCUT2D eigenvalue weighted by molar-refractivity contribution is -0.384. The number of rotatable bonds is 4. The van der Waals surface area contributed by atoms with Gasteiger partial charge in [-0.3, -0.25) is 19.7 Å². The Morgan fingerprint density at radius 2 is 1.56 bits per heavy atom. The quantitative estimate of drug-likeness (QED) is 0.356. The molecule has 1 amide bonds. The standard InChI is InChI=1S/C19H19N3O5/c1-14(23)27-18-8-2-15(3-9-18)19(24)21-12-10-20(11-13-21)16-4-6-17(7-5-16)22(25)26/h2-9H,10-13H2,1H3. The highest BCUT2D eigenvalue weighted by Gasteiger charge is 2.22. The number of piperazine rings is 1. The van der Waals surface area contributed by atoms with Crippen molar-refractivity contribution in [2.24, 2.45) is 0 Å². The summed E-state index contributed by atoms with van der Waals surface area (Å²) in [6.45, 7) is 3.73. The number of hydrogen-bond acceptors (Lipinski definition) is 6. The van der Waals surface area contributed by atoms with Gasteiger partial charge in [0.25, 0.3) is 11.6 Å². The summed E-state index contributed by atoms with van der Waals surface area (Å²) in [5, 5.41) is 10.7. The number of carbonyl (C=O) groups excluding carboxylic acids is 2. The Morgan fingerprint density at radius 3 is 2.07 bits per heavy atom. The number of esters is 1. The maximum Gasteiger partial charge on any atom is 0.308 e. The fourth-order valence-electron chi connectivity index (χ4n) is 2.97. The van der Waals surface area contributed by atoms with E-state index in [1.165, 1.54) is 19.1 Å². The fourth-order valence-corrected chi connectivity index (χ4v) is 2.97. The summed E-state index contributed by atoms with van der Waals surface area (Å²) in [5.74, 6) is -0.0776. The predicted octanol–water partition coefficient (Wildman–Crippen LogP) is 2.48. The Bertz CT molecular complexity index is 841. The highest BCUT2D eigenvalue weighted by atomic mass is 16.6. The van der Waals surface area contributed by atoms with Gasteiger partial charge < -0.3 is 14.5 Å². The number of carbonyl (C=O) groups is 2. The molecule has 0 aromatic heterocycles. The van der Waals surface area contributed by atoms with E-state index in [0.29, 0.717) is 37.5 Å². The molecule has 0 saturated carbocycles. The minimum atomic E-state index is -0.423. The second kappa shape index (κ2) is 7.86. The molecule has 1 saturated heterocycles. The predicted molar refractivity (Wildman–Crippen MR) is 99.0 cm³/mol. The topological polar surface area (TPSA) is 93.0 Å². The third-order valence-electron chi connectivity index (χ3n) is 4.36. The summed E-state index contributed by atoms with van der Waals surface area (Å²) < 4.78 is 4.97. The SMILES string of the molecule is CC(=O)Oc1ccc(C(=O)N2CCN(c3ccc([N+](=O)[O-])cc3)CC2)cc1. The molecule has 0 bridgehead atoms. The van der Waals surface area contributed by atoms with Crippen molar-refractivity contribution in [3.8, 4) is 5.75 Å². The Morgan fingerprint density at radius 1 is 0.963 bits per heavy atom. The van der Waals surface area contributed by atoms with Crippen LogP contribution >= 0.6 is 0 Å². The van der Waals surface area contributed by atoms with Crippen LogP contribution in [0, 0.1) is 10.1 Å². The number of nitrogens with zero attached hydrogens (tertiary/aromatic N) is 3. The van der Waals surface area contributed by atoms with Crippen LogP contribution in [-0.4, -0.2) is 47.9 Å². The van der Waals surface area contributed by atoms with Gasteiger partial charge in [-0.1, -0.05) is 0 Å². The van der Waals surface area contributed by atoms with Crippen molar-refractivity contribution < 1.29 is 19.2 Å². The summed E-state index contributed by atoms with van der Waals surface area (Å²) in [6.07, 6.45) is 0.